The van der Waals surface area contributed by atoms with Gasteiger partial charge in [0.2, 0.25) is 0 Å². The Bertz CT molecular complexity index is 224. The molecule has 1 saturated carbocycles. The fourth-order valence-corrected chi connectivity index (χ4v) is 2.42. The van der Waals surface area contributed by atoms with Crippen molar-refractivity contribution in [3.05, 3.63) is 0 Å². The summed E-state index contributed by atoms with van der Waals surface area (Å²) < 4.78 is 5.09. The molecule has 0 radical (unpaired) electrons. The van der Waals surface area contributed by atoms with Crippen molar-refractivity contribution in [1.82, 2.24) is 0 Å². The molecule has 2 aliphatic rings. The molecule has 2 rings (SSSR count). The fraction of sp³-hybridized carbons (Fsp3) is 0.778. The van der Waals surface area contributed by atoms with Gasteiger partial charge in [-0.25, -0.2) is 0 Å². The maximum Gasteiger partial charge on any atom is 0.306 e. The van der Waals surface area contributed by atoms with Gasteiger partial charge in [-0.1, -0.05) is 6.92 Å². The van der Waals surface area contributed by atoms with Crippen LogP contribution < -0.4 is 0 Å². The van der Waals surface area contributed by atoms with E-state index in [2.05, 4.69) is 0 Å². The normalized spacial score (nSPS) is 45.6. The molecule has 0 aromatic rings. The Morgan fingerprint density at radius 1 is 1.58 bits per heavy atom. The lowest BCUT2D eigenvalue weighted by molar-refractivity contribution is -0.141. The first-order chi connectivity index (χ1) is 5.72. The standard InChI is InChI=1S/C9H12O3/c1-5-2-8-6(7(5)4-10)3-9(11)12-8/h4-8H,2-3H2,1H3/t5-,6+,7-,8-/m0/s1. The van der Waals surface area contributed by atoms with E-state index < -0.39 is 0 Å². The van der Waals surface area contributed by atoms with E-state index in [1.165, 1.54) is 0 Å². The van der Waals surface area contributed by atoms with E-state index in [1.807, 2.05) is 6.92 Å². The summed E-state index contributed by atoms with van der Waals surface area (Å²) in [6.45, 7) is 2.05. The van der Waals surface area contributed by atoms with Crippen molar-refractivity contribution in [3.8, 4) is 0 Å². The van der Waals surface area contributed by atoms with E-state index in [9.17, 15) is 9.59 Å². The van der Waals surface area contributed by atoms with Crippen molar-refractivity contribution in [2.24, 2.45) is 17.8 Å². The van der Waals surface area contributed by atoms with Crippen LogP contribution in [-0.2, 0) is 14.3 Å². The van der Waals surface area contributed by atoms with Gasteiger partial charge in [-0.3, -0.25) is 4.79 Å². The topological polar surface area (TPSA) is 43.4 Å². The Hall–Kier alpha value is -0.860. The highest BCUT2D eigenvalue weighted by Gasteiger charge is 2.48. The number of ether oxygens (including phenoxy) is 1. The molecule has 4 atom stereocenters. The summed E-state index contributed by atoms with van der Waals surface area (Å²) in [6, 6.07) is 0. The molecule has 0 spiro atoms. The predicted octanol–water partition coefficient (Wildman–Crippen LogP) is 0.773. The van der Waals surface area contributed by atoms with Crippen LogP contribution in [0.15, 0.2) is 0 Å². The third-order valence-corrected chi connectivity index (χ3v) is 3.08. The molecule has 0 aromatic heterocycles. The smallest absolute Gasteiger partial charge is 0.306 e. The lowest BCUT2D eigenvalue weighted by Crippen LogP contribution is -2.16. The molecule has 3 heteroatoms. The Kier molecular flexibility index (Phi) is 1.67. The summed E-state index contributed by atoms with van der Waals surface area (Å²) in [7, 11) is 0. The first-order valence-corrected chi connectivity index (χ1v) is 4.37. The van der Waals surface area contributed by atoms with Crippen molar-refractivity contribution >= 4 is 12.3 Å². The second-order valence-electron chi connectivity index (χ2n) is 3.82. The van der Waals surface area contributed by atoms with Gasteiger partial charge in [-0.05, 0) is 12.3 Å². The SMILES string of the molecule is C[C@H]1C[C@@H]2OC(=O)C[C@@H]2[C@H]1C=O. The zero-order valence-electron chi connectivity index (χ0n) is 7.03. The second kappa shape index (κ2) is 2.57. The number of carbonyl (C=O) groups excluding carboxylic acids is 2. The molecule has 3 nitrogen and oxygen atoms in total. The summed E-state index contributed by atoms with van der Waals surface area (Å²) in [5.74, 6) is 0.459. The van der Waals surface area contributed by atoms with Crippen LogP contribution in [0.3, 0.4) is 0 Å². The molecule has 0 amide bonds. The van der Waals surface area contributed by atoms with Gasteiger partial charge in [0.05, 0.1) is 6.42 Å². The number of carbonyl (C=O) groups is 2. The van der Waals surface area contributed by atoms with Crippen molar-refractivity contribution in [2.75, 3.05) is 0 Å². The van der Waals surface area contributed by atoms with Gasteiger partial charge in [-0.15, -0.1) is 0 Å². The number of hydrogen-bond donors (Lipinski definition) is 0. The predicted molar refractivity (Wildman–Crippen MR) is 41.3 cm³/mol. The monoisotopic (exact) mass is 168 g/mol. The molecule has 1 saturated heterocycles. The van der Waals surface area contributed by atoms with Crippen molar-refractivity contribution in [2.45, 2.75) is 25.9 Å². The van der Waals surface area contributed by atoms with Crippen LogP contribution in [0, 0.1) is 17.8 Å². The van der Waals surface area contributed by atoms with Crippen LogP contribution >= 0.6 is 0 Å². The molecule has 0 N–H and O–H groups in total. The Morgan fingerprint density at radius 3 is 3.00 bits per heavy atom. The summed E-state index contributed by atoms with van der Waals surface area (Å²) >= 11 is 0. The largest absolute Gasteiger partial charge is 0.462 e. The summed E-state index contributed by atoms with van der Waals surface area (Å²) in [5, 5.41) is 0. The maximum atomic E-state index is 10.9. The Labute approximate surface area is 71.1 Å². The lowest BCUT2D eigenvalue weighted by Gasteiger charge is -2.10. The first-order valence-electron chi connectivity index (χ1n) is 4.37. The molecular weight excluding hydrogens is 156 g/mol. The van der Waals surface area contributed by atoms with Crippen molar-refractivity contribution in [3.63, 3.8) is 0 Å². The van der Waals surface area contributed by atoms with E-state index in [4.69, 9.17) is 4.74 Å². The van der Waals surface area contributed by atoms with Crippen LogP contribution in [0.2, 0.25) is 0 Å². The van der Waals surface area contributed by atoms with Gasteiger partial charge in [0, 0.05) is 11.8 Å². The zero-order chi connectivity index (χ0) is 8.72. The molecule has 0 bridgehead atoms. The van der Waals surface area contributed by atoms with E-state index in [1.54, 1.807) is 0 Å². The van der Waals surface area contributed by atoms with Crippen LogP contribution in [-0.4, -0.2) is 18.4 Å². The average molecular weight is 168 g/mol. The quantitative estimate of drug-likeness (QED) is 0.429. The fourth-order valence-electron chi connectivity index (χ4n) is 2.42. The van der Waals surface area contributed by atoms with E-state index >= 15 is 0 Å². The number of esters is 1. The molecular formula is C9H12O3. The van der Waals surface area contributed by atoms with Crippen LogP contribution in [0.1, 0.15) is 19.8 Å². The molecule has 1 aliphatic carbocycles. The van der Waals surface area contributed by atoms with Crippen LogP contribution in [0.25, 0.3) is 0 Å². The van der Waals surface area contributed by atoms with Crippen LogP contribution in [0.4, 0.5) is 0 Å². The number of hydrogen-bond acceptors (Lipinski definition) is 3. The van der Waals surface area contributed by atoms with Gasteiger partial charge in [0.25, 0.3) is 0 Å². The maximum absolute atomic E-state index is 10.9. The molecule has 1 aliphatic heterocycles. The van der Waals surface area contributed by atoms with Gasteiger partial charge in [-0.2, -0.15) is 0 Å². The summed E-state index contributed by atoms with van der Waals surface area (Å²) in [4.78, 5) is 21.6. The van der Waals surface area contributed by atoms with Gasteiger partial charge in [0.1, 0.15) is 12.4 Å². The van der Waals surface area contributed by atoms with Gasteiger partial charge >= 0.3 is 5.97 Å². The molecule has 12 heavy (non-hydrogen) atoms. The highest BCUT2D eigenvalue weighted by Crippen LogP contribution is 2.43. The Morgan fingerprint density at radius 2 is 2.33 bits per heavy atom. The zero-order valence-corrected chi connectivity index (χ0v) is 7.03. The average Bonchev–Trinajstić information content (AvgIpc) is 2.43. The number of fused-ring (bicyclic) bond motifs is 1. The molecule has 2 fully saturated rings. The van der Waals surface area contributed by atoms with E-state index in [-0.39, 0.29) is 23.9 Å². The minimum absolute atomic E-state index is 0.0303. The third-order valence-electron chi connectivity index (χ3n) is 3.08. The molecule has 0 unspecified atom stereocenters. The Balaban J connectivity index is 2.16. The summed E-state index contributed by atoms with van der Waals surface area (Å²) in [5.41, 5.74) is 0. The second-order valence-corrected chi connectivity index (χ2v) is 3.82. The summed E-state index contributed by atoms with van der Waals surface area (Å²) in [6.07, 6.45) is 2.32. The van der Waals surface area contributed by atoms with Crippen molar-refractivity contribution in [1.29, 1.82) is 0 Å². The molecule has 0 aromatic carbocycles. The molecule has 1 heterocycles. The number of aldehydes is 1. The van der Waals surface area contributed by atoms with E-state index in [0.717, 1.165) is 12.7 Å². The first kappa shape index (κ1) is 7.77. The highest BCUT2D eigenvalue weighted by atomic mass is 16.6. The molecule has 66 valence electrons. The lowest BCUT2D eigenvalue weighted by atomic mass is 9.90. The van der Waals surface area contributed by atoms with Crippen LogP contribution in [0.5, 0.6) is 0 Å². The van der Waals surface area contributed by atoms with Gasteiger partial charge < -0.3 is 9.53 Å². The minimum Gasteiger partial charge on any atom is -0.462 e. The highest BCUT2D eigenvalue weighted by molar-refractivity contribution is 5.73. The van der Waals surface area contributed by atoms with Crippen molar-refractivity contribution < 1.29 is 14.3 Å². The van der Waals surface area contributed by atoms with Gasteiger partial charge in [0.15, 0.2) is 0 Å². The number of rotatable bonds is 1. The third kappa shape index (κ3) is 0.958. The van der Waals surface area contributed by atoms with E-state index in [0.29, 0.717) is 12.3 Å². The minimum atomic E-state index is -0.135.